The van der Waals surface area contributed by atoms with E-state index < -0.39 is 18.0 Å². The van der Waals surface area contributed by atoms with Gasteiger partial charge in [0.25, 0.3) is 5.91 Å². The standard InChI is InChI=1S/C25H23N3O4S/c1-3-31-22-12-5-4-8-19(22)25-27-17(15-33-25)14-23(29)32-16(2)24(30)28-21-11-6-10-20-18(21)9-7-13-26-20/h4-13,15-16H,3,14H2,1-2H3,(H,28,30). The molecule has 0 bridgehead atoms. The maximum atomic E-state index is 12.6. The molecule has 33 heavy (non-hydrogen) atoms. The number of nitrogens with one attached hydrogen (secondary N) is 1. The summed E-state index contributed by atoms with van der Waals surface area (Å²) in [6, 6.07) is 16.8. The third kappa shape index (κ3) is 5.35. The van der Waals surface area contributed by atoms with E-state index in [-0.39, 0.29) is 6.42 Å². The molecule has 0 fully saturated rings. The number of nitrogens with zero attached hydrogens (tertiary/aromatic N) is 2. The number of amides is 1. The minimum absolute atomic E-state index is 0.0247. The Bertz CT molecular complexity index is 1280. The van der Waals surface area contributed by atoms with E-state index in [0.717, 1.165) is 27.2 Å². The van der Waals surface area contributed by atoms with Gasteiger partial charge >= 0.3 is 5.97 Å². The van der Waals surface area contributed by atoms with Crippen LogP contribution in [0.25, 0.3) is 21.5 Å². The van der Waals surface area contributed by atoms with Crippen LogP contribution in [-0.2, 0) is 20.7 Å². The van der Waals surface area contributed by atoms with Crippen molar-refractivity contribution in [3.05, 3.63) is 71.9 Å². The smallest absolute Gasteiger partial charge is 0.312 e. The first-order chi connectivity index (χ1) is 16.0. The number of carbonyl (C=O) groups is 2. The summed E-state index contributed by atoms with van der Waals surface area (Å²) in [6.07, 6.45) is 0.710. The lowest BCUT2D eigenvalue weighted by Crippen LogP contribution is -2.30. The highest BCUT2D eigenvalue weighted by atomic mass is 32.1. The molecule has 2 aromatic heterocycles. The van der Waals surface area contributed by atoms with Crippen LogP contribution in [-0.4, -0.2) is 34.6 Å². The average molecular weight is 462 g/mol. The van der Waals surface area contributed by atoms with Crippen LogP contribution in [0.2, 0.25) is 0 Å². The van der Waals surface area contributed by atoms with Gasteiger partial charge in [-0.1, -0.05) is 18.2 Å². The van der Waals surface area contributed by atoms with E-state index >= 15 is 0 Å². The van der Waals surface area contributed by atoms with E-state index in [2.05, 4.69) is 15.3 Å². The molecule has 168 valence electrons. The molecule has 0 radical (unpaired) electrons. The van der Waals surface area contributed by atoms with Gasteiger partial charge in [-0.05, 0) is 50.2 Å². The van der Waals surface area contributed by atoms with Gasteiger partial charge in [0, 0.05) is 17.0 Å². The zero-order valence-electron chi connectivity index (χ0n) is 18.3. The number of fused-ring (bicyclic) bond motifs is 1. The molecule has 1 amide bonds. The topological polar surface area (TPSA) is 90.4 Å². The number of benzene rings is 2. The summed E-state index contributed by atoms with van der Waals surface area (Å²) in [5.74, 6) is -0.186. The third-order valence-corrected chi connectivity index (χ3v) is 5.80. The summed E-state index contributed by atoms with van der Waals surface area (Å²) in [4.78, 5) is 33.9. The molecular weight excluding hydrogens is 438 g/mol. The van der Waals surface area contributed by atoms with Gasteiger partial charge in [0.1, 0.15) is 10.8 Å². The van der Waals surface area contributed by atoms with Gasteiger partial charge in [-0.2, -0.15) is 0 Å². The first-order valence-corrected chi connectivity index (χ1v) is 11.4. The molecule has 0 aliphatic carbocycles. The van der Waals surface area contributed by atoms with Crippen molar-refractivity contribution in [1.29, 1.82) is 0 Å². The lowest BCUT2D eigenvalue weighted by molar-refractivity contribution is -0.152. The van der Waals surface area contributed by atoms with Crippen molar-refractivity contribution in [2.75, 3.05) is 11.9 Å². The lowest BCUT2D eigenvalue weighted by Gasteiger charge is -2.14. The molecule has 7 nitrogen and oxygen atoms in total. The number of rotatable bonds is 8. The fourth-order valence-electron chi connectivity index (χ4n) is 3.32. The highest BCUT2D eigenvalue weighted by Crippen LogP contribution is 2.32. The average Bonchev–Trinajstić information content (AvgIpc) is 3.28. The van der Waals surface area contributed by atoms with Crippen molar-refractivity contribution in [3.8, 4) is 16.3 Å². The summed E-state index contributed by atoms with van der Waals surface area (Å²) >= 11 is 1.43. The van der Waals surface area contributed by atoms with E-state index in [9.17, 15) is 9.59 Å². The van der Waals surface area contributed by atoms with Crippen molar-refractivity contribution >= 4 is 39.8 Å². The van der Waals surface area contributed by atoms with Crippen molar-refractivity contribution in [2.45, 2.75) is 26.4 Å². The van der Waals surface area contributed by atoms with Crippen molar-refractivity contribution in [1.82, 2.24) is 9.97 Å². The molecule has 1 atom stereocenters. The van der Waals surface area contributed by atoms with E-state index in [4.69, 9.17) is 9.47 Å². The summed E-state index contributed by atoms with van der Waals surface area (Å²) < 4.78 is 11.0. The van der Waals surface area contributed by atoms with Crippen LogP contribution in [0.15, 0.2) is 66.2 Å². The number of esters is 1. The number of thiazole rings is 1. The van der Waals surface area contributed by atoms with Gasteiger partial charge in [-0.3, -0.25) is 14.6 Å². The van der Waals surface area contributed by atoms with E-state index in [1.54, 1.807) is 25.3 Å². The number of pyridine rings is 1. The molecule has 4 rings (SSSR count). The van der Waals surface area contributed by atoms with Gasteiger partial charge in [0.2, 0.25) is 0 Å². The molecule has 2 heterocycles. The van der Waals surface area contributed by atoms with Crippen LogP contribution < -0.4 is 10.1 Å². The van der Waals surface area contributed by atoms with Gasteiger partial charge < -0.3 is 14.8 Å². The summed E-state index contributed by atoms with van der Waals surface area (Å²) in [6.45, 7) is 4.02. The number of carbonyl (C=O) groups excluding carboxylic acids is 2. The Hall–Kier alpha value is -3.78. The van der Waals surface area contributed by atoms with Crippen LogP contribution in [0.3, 0.4) is 0 Å². The lowest BCUT2D eigenvalue weighted by atomic mass is 10.2. The zero-order valence-corrected chi connectivity index (χ0v) is 19.1. The van der Waals surface area contributed by atoms with Gasteiger partial charge in [0.05, 0.1) is 35.5 Å². The molecule has 1 N–H and O–H groups in total. The zero-order chi connectivity index (χ0) is 23.2. The highest BCUT2D eigenvalue weighted by molar-refractivity contribution is 7.13. The van der Waals surface area contributed by atoms with E-state index in [1.165, 1.54) is 11.3 Å². The number of aromatic nitrogens is 2. The second-order valence-corrected chi connectivity index (χ2v) is 8.11. The number of ether oxygens (including phenoxy) is 2. The molecule has 0 saturated carbocycles. The minimum atomic E-state index is -0.957. The third-order valence-electron chi connectivity index (χ3n) is 4.88. The second-order valence-electron chi connectivity index (χ2n) is 7.25. The van der Waals surface area contributed by atoms with Crippen molar-refractivity contribution < 1.29 is 19.1 Å². The van der Waals surface area contributed by atoms with Crippen molar-refractivity contribution in [3.63, 3.8) is 0 Å². The molecular formula is C25H23N3O4S. The summed E-state index contributed by atoms with van der Waals surface area (Å²) in [7, 11) is 0. The largest absolute Gasteiger partial charge is 0.493 e. The minimum Gasteiger partial charge on any atom is -0.493 e. The Morgan fingerprint density at radius 1 is 1.09 bits per heavy atom. The Kier molecular flexibility index (Phi) is 6.95. The van der Waals surface area contributed by atoms with Gasteiger partial charge in [0.15, 0.2) is 6.10 Å². The Morgan fingerprint density at radius 3 is 2.79 bits per heavy atom. The second kappa shape index (κ2) is 10.2. The summed E-state index contributed by atoms with van der Waals surface area (Å²) in [5.41, 5.74) is 2.84. The Morgan fingerprint density at radius 2 is 1.94 bits per heavy atom. The molecule has 8 heteroatoms. The maximum absolute atomic E-state index is 12.6. The number of hydrogen-bond donors (Lipinski definition) is 1. The maximum Gasteiger partial charge on any atom is 0.312 e. The van der Waals surface area contributed by atoms with Crippen LogP contribution >= 0.6 is 11.3 Å². The van der Waals surface area contributed by atoms with Crippen LogP contribution in [0.4, 0.5) is 5.69 Å². The van der Waals surface area contributed by atoms with E-state index in [0.29, 0.717) is 18.0 Å². The first-order valence-electron chi connectivity index (χ1n) is 10.6. The molecule has 0 spiro atoms. The van der Waals surface area contributed by atoms with Gasteiger partial charge in [-0.25, -0.2) is 4.98 Å². The molecule has 2 aromatic carbocycles. The number of anilines is 1. The highest BCUT2D eigenvalue weighted by Gasteiger charge is 2.20. The number of hydrogen-bond acceptors (Lipinski definition) is 7. The SMILES string of the molecule is CCOc1ccccc1-c1nc(CC(=O)OC(C)C(=O)Nc2cccc3ncccc23)cs1. The number of para-hydroxylation sites is 1. The van der Waals surface area contributed by atoms with Crippen LogP contribution in [0.5, 0.6) is 5.75 Å². The normalized spacial score (nSPS) is 11.7. The van der Waals surface area contributed by atoms with Gasteiger partial charge in [-0.15, -0.1) is 11.3 Å². The first kappa shape index (κ1) is 22.4. The monoisotopic (exact) mass is 461 g/mol. The Labute approximate surface area is 195 Å². The molecule has 1 unspecified atom stereocenters. The van der Waals surface area contributed by atoms with Crippen LogP contribution in [0, 0.1) is 0 Å². The fourth-order valence-corrected chi connectivity index (χ4v) is 4.17. The molecule has 4 aromatic rings. The Balaban J connectivity index is 1.37. The predicted octanol–water partition coefficient (Wildman–Crippen LogP) is 4.87. The van der Waals surface area contributed by atoms with Crippen molar-refractivity contribution in [2.24, 2.45) is 0 Å². The molecule has 0 aliphatic rings. The molecule has 0 aliphatic heterocycles. The quantitative estimate of drug-likeness (QED) is 0.377. The fraction of sp³-hybridized carbons (Fsp3) is 0.200. The van der Waals surface area contributed by atoms with E-state index in [1.807, 2.05) is 54.8 Å². The van der Waals surface area contributed by atoms with Crippen LogP contribution in [0.1, 0.15) is 19.5 Å². The predicted molar refractivity (Wildman–Crippen MR) is 128 cm³/mol. The molecule has 0 saturated heterocycles. The summed E-state index contributed by atoms with van der Waals surface area (Å²) in [5, 5.41) is 6.20.